The van der Waals surface area contributed by atoms with E-state index in [-0.39, 0.29) is 11.5 Å². The summed E-state index contributed by atoms with van der Waals surface area (Å²) in [6, 6.07) is 4.00. The lowest BCUT2D eigenvalue weighted by Crippen LogP contribution is -2.27. The van der Waals surface area contributed by atoms with E-state index < -0.39 is 0 Å². The van der Waals surface area contributed by atoms with Crippen LogP contribution >= 0.6 is 0 Å². The van der Waals surface area contributed by atoms with Gasteiger partial charge in [0.15, 0.2) is 5.82 Å². The van der Waals surface area contributed by atoms with Crippen LogP contribution in [0.4, 0.5) is 0 Å². The first-order valence-corrected chi connectivity index (χ1v) is 6.87. The van der Waals surface area contributed by atoms with E-state index in [9.17, 15) is 0 Å². The molecule has 0 saturated heterocycles. The van der Waals surface area contributed by atoms with E-state index in [0.717, 1.165) is 16.7 Å². The molecule has 4 nitrogen and oxygen atoms in total. The third-order valence-corrected chi connectivity index (χ3v) is 3.54. The molecule has 0 saturated carbocycles. The highest BCUT2D eigenvalue weighted by Gasteiger charge is 2.27. The average molecular weight is 273 g/mol. The summed E-state index contributed by atoms with van der Waals surface area (Å²) in [6.45, 7) is 12.4. The number of hydrogen-bond donors (Lipinski definition) is 1. The zero-order valence-corrected chi connectivity index (χ0v) is 13.1. The molecule has 1 aromatic carbocycles. The van der Waals surface area contributed by atoms with Gasteiger partial charge in [-0.1, -0.05) is 43.6 Å². The normalized spacial score (nSPS) is 13.6. The maximum atomic E-state index is 6.18. The van der Waals surface area contributed by atoms with Crippen molar-refractivity contribution in [3.63, 3.8) is 0 Å². The molecule has 0 spiro atoms. The second-order valence-electron chi connectivity index (χ2n) is 6.58. The van der Waals surface area contributed by atoms with Gasteiger partial charge in [-0.05, 0) is 37.3 Å². The van der Waals surface area contributed by atoms with Gasteiger partial charge in [-0.15, -0.1) is 0 Å². The second-order valence-corrected chi connectivity index (χ2v) is 6.58. The number of nitrogens with two attached hydrogens (primary N) is 1. The monoisotopic (exact) mass is 273 g/mol. The van der Waals surface area contributed by atoms with Gasteiger partial charge in [0.05, 0.1) is 6.04 Å². The van der Waals surface area contributed by atoms with Crippen molar-refractivity contribution in [3.8, 4) is 11.5 Å². The van der Waals surface area contributed by atoms with E-state index in [2.05, 4.69) is 63.8 Å². The van der Waals surface area contributed by atoms with Crippen LogP contribution in [0.15, 0.2) is 16.7 Å². The topological polar surface area (TPSA) is 64.9 Å². The molecule has 20 heavy (non-hydrogen) atoms. The molecular formula is C16H23N3O. The minimum atomic E-state index is -0.244. The van der Waals surface area contributed by atoms with Crippen molar-refractivity contribution < 1.29 is 4.52 Å². The maximum Gasteiger partial charge on any atom is 0.258 e. The standard InChI is InChI=1S/C16H23N3O/c1-9-7-10(2)12(11(3)8-9)15-18-14(19-20-15)13(17)16(4,5)6/h7-8,13H,17H2,1-6H3. The molecule has 1 heterocycles. The van der Waals surface area contributed by atoms with Crippen LogP contribution < -0.4 is 5.73 Å². The quantitative estimate of drug-likeness (QED) is 0.906. The predicted octanol–water partition coefficient (Wildman–Crippen LogP) is 3.71. The van der Waals surface area contributed by atoms with Gasteiger partial charge in [-0.2, -0.15) is 4.98 Å². The van der Waals surface area contributed by atoms with Gasteiger partial charge in [0, 0.05) is 5.56 Å². The lowest BCUT2D eigenvalue weighted by atomic mass is 9.87. The van der Waals surface area contributed by atoms with Gasteiger partial charge in [0.1, 0.15) is 0 Å². The van der Waals surface area contributed by atoms with E-state index in [1.54, 1.807) is 0 Å². The summed E-state index contributed by atoms with van der Waals surface area (Å²) in [6.07, 6.45) is 0. The molecule has 0 aliphatic heterocycles. The highest BCUT2D eigenvalue weighted by molar-refractivity contribution is 5.63. The summed E-state index contributed by atoms with van der Waals surface area (Å²) < 4.78 is 5.43. The van der Waals surface area contributed by atoms with E-state index in [1.807, 2.05) is 0 Å². The Labute approximate surface area is 120 Å². The lowest BCUT2D eigenvalue weighted by molar-refractivity contribution is 0.303. The van der Waals surface area contributed by atoms with Crippen LogP contribution in [0.25, 0.3) is 11.5 Å². The number of benzene rings is 1. The molecule has 1 unspecified atom stereocenters. The highest BCUT2D eigenvalue weighted by atomic mass is 16.5. The van der Waals surface area contributed by atoms with Crippen LogP contribution in [-0.2, 0) is 0 Å². The fourth-order valence-electron chi connectivity index (χ4n) is 2.37. The number of aryl methyl sites for hydroxylation is 3. The smallest absolute Gasteiger partial charge is 0.258 e. The van der Waals surface area contributed by atoms with Crippen molar-refractivity contribution in [2.24, 2.45) is 11.1 Å². The molecule has 0 radical (unpaired) electrons. The zero-order chi connectivity index (χ0) is 15.1. The van der Waals surface area contributed by atoms with Crippen molar-refractivity contribution in [1.82, 2.24) is 10.1 Å². The maximum absolute atomic E-state index is 6.18. The summed E-state index contributed by atoms with van der Waals surface area (Å²) in [4.78, 5) is 4.50. The van der Waals surface area contributed by atoms with Crippen molar-refractivity contribution >= 4 is 0 Å². The average Bonchev–Trinajstić information content (AvgIpc) is 2.74. The Hall–Kier alpha value is -1.68. The first-order valence-electron chi connectivity index (χ1n) is 6.87. The van der Waals surface area contributed by atoms with Crippen LogP contribution in [0.1, 0.15) is 49.3 Å². The van der Waals surface area contributed by atoms with Crippen LogP contribution in [0.2, 0.25) is 0 Å². The SMILES string of the molecule is Cc1cc(C)c(-c2nc(C(N)C(C)(C)C)no2)c(C)c1. The summed E-state index contributed by atoms with van der Waals surface area (Å²) in [5, 5.41) is 4.05. The van der Waals surface area contributed by atoms with Crippen molar-refractivity contribution in [3.05, 3.63) is 34.6 Å². The molecule has 4 heteroatoms. The molecular weight excluding hydrogens is 250 g/mol. The van der Waals surface area contributed by atoms with Gasteiger partial charge in [0.25, 0.3) is 5.89 Å². The Balaban J connectivity index is 2.44. The summed E-state index contributed by atoms with van der Waals surface area (Å²) in [5.74, 6) is 1.11. The molecule has 108 valence electrons. The molecule has 0 aliphatic rings. The number of hydrogen-bond acceptors (Lipinski definition) is 4. The predicted molar refractivity (Wildman–Crippen MR) is 80.3 cm³/mol. The highest BCUT2D eigenvalue weighted by Crippen LogP contribution is 2.32. The molecule has 1 aromatic heterocycles. The van der Waals surface area contributed by atoms with Gasteiger partial charge < -0.3 is 10.3 Å². The Kier molecular flexibility index (Phi) is 3.69. The van der Waals surface area contributed by atoms with E-state index in [0.29, 0.717) is 11.7 Å². The minimum Gasteiger partial charge on any atom is -0.334 e. The summed E-state index contributed by atoms with van der Waals surface area (Å²) in [7, 11) is 0. The Bertz CT molecular complexity index is 600. The third kappa shape index (κ3) is 2.75. The van der Waals surface area contributed by atoms with Crippen molar-refractivity contribution in [1.29, 1.82) is 0 Å². The molecule has 2 N–H and O–H groups in total. The van der Waals surface area contributed by atoms with Crippen molar-refractivity contribution in [2.75, 3.05) is 0 Å². The van der Waals surface area contributed by atoms with Gasteiger partial charge in [0.2, 0.25) is 0 Å². The summed E-state index contributed by atoms with van der Waals surface area (Å²) in [5.41, 5.74) is 10.6. The first kappa shape index (κ1) is 14.7. The van der Waals surface area contributed by atoms with Crippen molar-refractivity contribution in [2.45, 2.75) is 47.6 Å². The fraction of sp³-hybridized carbons (Fsp3) is 0.500. The zero-order valence-electron chi connectivity index (χ0n) is 13.1. The van der Waals surface area contributed by atoms with E-state index in [4.69, 9.17) is 10.3 Å². The van der Waals surface area contributed by atoms with Gasteiger partial charge >= 0.3 is 0 Å². The Morgan fingerprint density at radius 2 is 1.65 bits per heavy atom. The van der Waals surface area contributed by atoms with Crippen LogP contribution in [0.3, 0.4) is 0 Å². The fourth-order valence-corrected chi connectivity index (χ4v) is 2.37. The Morgan fingerprint density at radius 1 is 1.10 bits per heavy atom. The van der Waals surface area contributed by atoms with E-state index >= 15 is 0 Å². The molecule has 0 fully saturated rings. The molecule has 1 atom stereocenters. The first-order chi connectivity index (χ1) is 9.20. The second kappa shape index (κ2) is 5.02. The molecule has 0 aliphatic carbocycles. The summed E-state index contributed by atoms with van der Waals surface area (Å²) >= 11 is 0. The molecule has 0 amide bonds. The Morgan fingerprint density at radius 3 is 2.15 bits per heavy atom. The number of nitrogens with zero attached hydrogens (tertiary/aromatic N) is 2. The number of rotatable bonds is 2. The largest absolute Gasteiger partial charge is 0.334 e. The van der Waals surface area contributed by atoms with E-state index in [1.165, 1.54) is 5.56 Å². The lowest BCUT2D eigenvalue weighted by Gasteiger charge is -2.23. The van der Waals surface area contributed by atoms with Crippen LogP contribution in [0, 0.1) is 26.2 Å². The van der Waals surface area contributed by atoms with Crippen LogP contribution in [-0.4, -0.2) is 10.1 Å². The van der Waals surface area contributed by atoms with Crippen LogP contribution in [0.5, 0.6) is 0 Å². The molecule has 2 aromatic rings. The number of aromatic nitrogens is 2. The van der Waals surface area contributed by atoms with Gasteiger partial charge in [-0.3, -0.25) is 0 Å². The van der Waals surface area contributed by atoms with Gasteiger partial charge in [-0.25, -0.2) is 0 Å². The molecule has 0 bridgehead atoms. The third-order valence-electron chi connectivity index (χ3n) is 3.54. The molecule has 2 rings (SSSR count). The minimum absolute atomic E-state index is 0.0987.